The van der Waals surface area contributed by atoms with Crippen LogP contribution in [-0.4, -0.2) is 41.5 Å². The first-order valence-electron chi connectivity index (χ1n) is 8.78. The second-order valence-electron chi connectivity index (χ2n) is 6.28. The van der Waals surface area contributed by atoms with Crippen molar-refractivity contribution in [1.82, 2.24) is 10.4 Å². The molecule has 0 bridgehead atoms. The highest BCUT2D eigenvalue weighted by Gasteiger charge is 2.33. The lowest BCUT2D eigenvalue weighted by Gasteiger charge is -2.13. The molecular formula is C19H23BrN2O5. The van der Waals surface area contributed by atoms with Gasteiger partial charge in [0.25, 0.3) is 5.91 Å². The van der Waals surface area contributed by atoms with Crippen LogP contribution in [0.25, 0.3) is 6.08 Å². The van der Waals surface area contributed by atoms with Crippen LogP contribution in [0.3, 0.4) is 0 Å². The number of methoxy groups -OCH3 is 1. The van der Waals surface area contributed by atoms with Crippen LogP contribution in [0.5, 0.6) is 5.75 Å². The molecule has 0 spiro atoms. The number of nitrogens with one attached hydrogen (secondary N) is 1. The number of amides is 3. The van der Waals surface area contributed by atoms with Gasteiger partial charge >= 0.3 is 0 Å². The fourth-order valence-electron chi connectivity index (χ4n) is 2.92. The average Bonchev–Trinajstić information content (AvgIpc) is 2.92. The van der Waals surface area contributed by atoms with Gasteiger partial charge in [0.05, 0.1) is 13.5 Å². The van der Waals surface area contributed by atoms with Gasteiger partial charge in [-0.05, 0) is 31.1 Å². The summed E-state index contributed by atoms with van der Waals surface area (Å²) >= 11 is 3.37. The first kappa shape index (κ1) is 21.1. The number of hydrogen-bond acceptors (Lipinski definition) is 5. The van der Waals surface area contributed by atoms with Crippen molar-refractivity contribution in [1.29, 1.82) is 0 Å². The molecule has 0 aliphatic carbocycles. The Morgan fingerprint density at radius 3 is 2.74 bits per heavy atom. The maximum absolute atomic E-state index is 12.5. The van der Waals surface area contributed by atoms with Gasteiger partial charge in [0.15, 0.2) is 0 Å². The van der Waals surface area contributed by atoms with Crippen LogP contribution < -0.4 is 10.2 Å². The van der Waals surface area contributed by atoms with E-state index in [0.29, 0.717) is 30.7 Å². The minimum atomic E-state index is -0.405. The number of halogens is 1. The Balaban J connectivity index is 1.90. The minimum Gasteiger partial charge on any atom is -0.496 e. The number of nitrogens with zero attached hydrogens (tertiary/aromatic N) is 1. The summed E-state index contributed by atoms with van der Waals surface area (Å²) in [5, 5.41) is 8.42. The molecule has 3 amide bonds. The molecule has 0 aromatic heterocycles. The van der Waals surface area contributed by atoms with Crippen molar-refractivity contribution in [2.45, 2.75) is 38.5 Å². The Morgan fingerprint density at radius 2 is 2.04 bits per heavy atom. The molecule has 1 aliphatic rings. The molecule has 146 valence electrons. The van der Waals surface area contributed by atoms with E-state index in [0.717, 1.165) is 22.9 Å². The standard InChI is InChI=1S/C19H23BrN2O5/c1-27-16-12-15(20)8-7-13(16)10-14-11-18(24)22(19(14)25)9-5-3-2-4-6-17(23)21-26/h7-8,10,12,26H,2-6,9,11H2,1H3,(H,21,23). The summed E-state index contributed by atoms with van der Waals surface area (Å²) in [5.41, 5.74) is 2.80. The molecule has 8 heteroatoms. The highest BCUT2D eigenvalue weighted by molar-refractivity contribution is 9.10. The monoisotopic (exact) mass is 438 g/mol. The Hall–Kier alpha value is -2.19. The molecule has 2 rings (SSSR count). The van der Waals surface area contributed by atoms with Crippen LogP contribution in [0.15, 0.2) is 28.2 Å². The minimum absolute atomic E-state index is 0.0920. The van der Waals surface area contributed by atoms with Crippen LogP contribution >= 0.6 is 15.9 Å². The number of unbranched alkanes of at least 4 members (excludes halogenated alkanes) is 3. The van der Waals surface area contributed by atoms with Gasteiger partial charge in [-0.2, -0.15) is 0 Å². The first-order chi connectivity index (χ1) is 13.0. The van der Waals surface area contributed by atoms with E-state index in [2.05, 4.69) is 15.9 Å². The number of hydroxylamine groups is 1. The predicted molar refractivity (Wildman–Crippen MR) is 103 cm³/mol. The maximum atomic E-state index is 12.5. The number of carbonyl (C=O) groups excluding carboxylic acids is 3. The zero-order valence-corrected chi connectivity index (χ0v) is 16.8. The van der Waals surface area contributed by atoms with Crippen molar-refractivity contribution in [3.05, 3.63) is 33.8 Å². The number of benzene rings is 1. The van der Waals surface area contributed by atoms with Crippen LogP contribution in [0, 0.1) is 0 Å². The lowest BCUT2D eigenvalue weighted by molar-refractivity contribution is -0.137. The summed E-state index contributed by atoms with van der Waals surface area (Å²) in [5.74, 6) is -0.229. The Morgan fingerprint density at radius 1 is 1.30 bits per heavy atom. The van der Waals surface area contributed by atoms with Crippen molar-refractivity contribution >= 4 is 39.7 Å². The summed E-state index contributed by atoms with van der Waals surface area (Å²) in [6, 6.07) is 5.49. The lowest BCUT2D eigenvalue weighted by Crippen LogP contribution is -2.30. The Kier molecular flexibility index (Phi) is 7.99. The van der Waals surface area contributed by atoms with Gasteiger partial charge < -0.3 is 4.74 Å². The van der Waals surface area contributed by atoms with Gasteiger partial charge in [0.1, 0.15) is 5.75 Å². The Labute approximate surface area is 166 Å². The van der Waals surface area contributed by atoms with E-state index in [-0.39, 0.29) is 24.7 Å². The van der Waals surface area contributed by atoms with E-state index in [1.165, 1.54) is 4.90 Å². The number of hydrogen-bond donors (Lipinski definition) is 2. The number of ether oxygens (including phenoxy) is 1. The molecule has 1 aromatic carbocycles. The first-order valence-corrected chi connectivity index (χ1v) is 9.57. The SMILES string of the molecule is COc1cc(Br)ccc1C=C1CC(=O)N(CCCCCCC(=O)NO)C1=O. The molecule has 27 heavy (non-hydrogen) atoms. The third kappa shape index (κ3) is 5.90. The zero-order chi connectivity index (χ0) is 19.8. The number of likely N-dealkylation sites (tertiary alicyclic amines) is 1. The van der Waals surface area contributed by atoms with E-state index in [1.807, 2.05) is 18.2 Å². The average molecular weight is 439 g/mol. The molecular weight excluding hydrogens is 416 g/mol. The topological polar surface area (TPSA) is 95.9 Å². The highest BCUT2D eigenvalue weighted by Crippen LogP contribution is 2.28. The normalized spacial score (nSPS) is 15.5. The van der Waals surface area contributed by atoms with Crippen LogP contribution in [0.2, 0.25) is 0 Å². The third-order valence-corrected chi connectivity index (χ3v) is 4.84. The van der Waals surface area contributed by atoms with Crippen LogP contribution in [0.4, 0.5) is 0 Å². The third-order valence-electron chi connectivity index (χ3n) is 4.35. The molecule has 1 saturated heterocycles. The van der Waals surface area contributed by atoms with E-state index in [1.54, 1.807) is 18.7 Å². The van der Waals surface area contributed by atoms with Gasteiger partial charge in [-0.1, -0.05) is 34.8 Å². The molecule has 0 saturated carbocycles. The lowest BCUT2D eigenvalue weighted by atomic mass is 10.1. The van der Waals surface area contributed by atoms with Crippen molar-refractivity contribution < 1.29 is 24.3 Å². The molecule has 1 aliphatic heterocycles. The Bertz CT molecular complexity index is 748. The molecule has 0 atom stereocenters. The summed E-state index contributed by atoms with van der Waals surface area (Å²) in [7, 11) is 1.56. The van der Waals surface area contributed by atoms with Gasteiger partial charge in [0, 0.05) is 28.6 Å². The molecule has 1 aromatic rings. The van der Waals surface area contributed by atoms with Gasteiger partial charge in [-0.3, -0.25) is 24.5 Å². The quantitative estimate of drug-likeness (QED) is 0.203. The van der Waals surface area contributed by atoms with E-state index < -0.39 is 5.91 Å². The van der Waals surface area contributed by atoms with Crippen LogP contribution in [-0.2, 0) is 14.4 Å². The number of carbonyl (C=O) groups is 3. The summed E-state index contributed by atoms with van der Waals surface area (Å²) in [6.45, 7) is 0.374. The second kappa shape index (κ2) is 10.2. The molecule has 1 fully saturated rings. The molecule has 1 heterocycles. The number of imide groups is 1. The smallest absolute Gasteiger partial charge is 0.256 e. The zero-order valence-electron chi connectivity index (χ0n) is 15.2. The summed E-state index contributed by atoms with van der Waals surface area (Å²) < 4.78 is 6.19. The van der Waals surface area contributed by atoms with Crippen molar-refractivity contribution in [3.63, 3.8) is 0 Å². The predicted octanol–water partition coefficient (Wildman–Crippen LogP) is 3.06. The van der Waals surface area contributed by atoms with Crippen molar-refractivity contribution in [2.24, 2.45) is 0 Å². The van der Waals surface area contributed by atoms with E-state index >= 15 is 0 Å². The maximum Gasteiger partial charge on any atom is 0.256 e. The van der Waals surface area contributed by atoms with Gasteiger partial charge in [0.2, 0.25) is 11.8 Å². The molecule has 0 radical (unpaired) electrons. The molecule has 0 unspecified atom stereocenters. The van der Waals surface area contributed by atoms with Gasteiger partial charge in [-0.25, -0.2) is 5.48 Å². The van der Waals surface area contributed by atoms with Gasteiger partial charge in [-0.15, -0.1) is 0 Å². The highest BCUT2D eigenvalue weighted by atomic mass is 79.9. The summed E-state index contributed by atoms with van der Waals surface area (Å²) in [6.07, 6.45) is 5.00. The summed E-state index contributed by atoms with van der Waals surface area (Å²) in [4.78, 5) is 36.9. The number of rotatable bonds is 9. The molecule has 7 nitrogen and oxygen atoms in total. The van der Waals surface area contributed by atoms with E-state index in [9.17, 15) is 14.4 Å². The fraction of sp³-hybridized carbons (Fsp3) is 0.421. The van der Waals surface area contributed by atoms with Crippen molar-refractivity contribution in [3.8, 4) is 5.75 Å². The fourth-order valence-corrected chi connectivity index (χ4v) is 3.26. The van der Waals surface area contributed by atoms with Crippen molar-refractivity contribution in [2.75, 3.05) is 13.7 Å². The van der Waals surface area contributed by atoms with E-state index in [4.69, 9.17) is 9.94 Å². The largest absolute Gasteiger partial charge is 0.496 e. The van der Waals surface area contributed by atoms with Crippen LogP contribution in [0.1, 0.15) is 44.1 Å². The second-order valence-corrected chi connectivity index (χ2v) is 7.20. The molecule has 2 N–H and O–H groups in total.